The van der Waals surface area contributed by atoms with Crippen molar-refractivity contribution in [2.45, 2.75) is 91.1 Å². The predicted molar refractivity (Wildman–Crippen MR) is 159 cm³/mol. The van der Waals surface area contributed by atoms with Crippen LogP contribution in [-0.2, 0) is 28.9 Å². The Balaban J connectivity index is 1.86. The Morgan fingerprint density at radius 2 is 1.83 bits per heavy atom. The fourth-order valence-corrected chi connectivity index (χ4v) is 6.65. The van der Waals surface area contributed by atoms with E-state index in [4.69, 9.17) is 9.47 Å². The second-order valence-corrected chi connectivity index (χ2v) is 12.8. The lowest BCUT2D eigenvalue weighted by Crippen LogP contribution is -2.48. The van der Waals surface area contributed by atoms with Crippen LogP contribution >= 0.6 is 0 Å². The number of carbonyl (C=O) groups excluding carboxylic acids is 1. The predicted octanol–water partition coefficient (Wildman–Crippen LogP) is 5.21. The van der Waals surface area contributed by atoms with Crippen LogP contribution in [0.3, 0.4) is 0 Å². The zero-order valence-electron chi connectivity index (χ0n) is 25.7. The number of carbonyl (C=O) groups is 2. The summed E-state index contributed by atoms with van der Waals surface area (Å²) in [4.78, 5) is 34.7. The van der Waals surface area contributed by atoms with Crippen LogP contribution in [0.15, 0.2) is 30.5 Å². The zero-order chi connectivity index (χ0) is 30.1. The quantitative estimate of drug-likeness (QED) is 0.449. The first-order chi connectivity index (χ1) is 19.3. The molecule has 0 saturated carbocycles. The Labute approximate surface area is 244 Å². The van der Waals surface area contributed by atoms with Crippen LogP contribution in [0.5, 0.6) is 5.75 Å². The molecular weight excluding hydrogens is 520 g/mol. The lowest BCUT2D eigenvalue weighted by Gasteiger charge is -2.35. The number of aryl methyl sites for hydroxylation is 2. The van der Waals surface area contributed by atoms with Gasteiger partial charge in [-0.05, 0) is 68.2 Å². The first-order valence-corrected chi connectivity index (χ1v) is 14.6. The van der Waals surface area contributed by atoms with Gasteiger partial charge in [0.2, 0.25) is 0 Å². The third-order valence-electron chi connectivity index (χ3n) is 8.30. The summed E-state index contributed by atoms with van der Waals surface area (Å²) in [6, 6.07) is 5.98. The number of likely N-dealkylation sites (tertiary alicyclic amines) is 1. The Morgan fingerprint density at radius 3 is 2.39 bits per heavy atom. The van der Waals surface area contributed by atoms with Crippen LogP contribution in [0.4, 0.5) is 10.6 Å². The molecular formula is C32H46N4O5. The fraction of sp³-hybridized carbons (Fsp3) is 0.594. The fourth-order valence-electron chi connectivity index (χ4n) is 6.65. The van der Waals surface area contributed by atoms with Crippen molar-refractivity contribution < 1.29 is 24.2 Å². The number of rotatable bonds is 8. The molecule has 9 heteroatoms. The van der Waals surface area contributed by atoms with Gasteiger partial charge in [-0.25, -0.2) is 14.6 Å². The van der Waals surface area contributed by atoms with Gasteiger partial charge in [0.15, 0.2) is 0 Å². The molecule has 41 heavy (non-hydrogen) atoms. The maximum absolute atomic E-state index is 13.7. The summed E-state index contributed by atoms with van der Waals surface area (Å²) in [5, 5.41) is 14.4. The van der Waals surface area contributed by atoms with Crippen molar-refractivity contribution in [1.29, 1.82) is 0 Å². The molecule has 1 aromatic heterocycles. The first kappa shape index (κ1) is 30.6. The molecule has 2 aromatic rings. The van der Waals surface area contributed by atoms with E-state index in [9.17, 15) is 14.7 Å². The van der Waals surface area contributed by atoms with E-state index >= 15 is 0 Å². The number of carboxylic acid groups (broad SMARTS) is 1. The van der Waals surface area contributed by atoms with Crippen LogP contribution in [0.2, 0.25) is 0 Å². The van der Waals surface area contributed by atoms with Gasteiger partial charge in [-0.3, -0.25) is 4.90 Å². The molecule has 0 radical (unpaired) electrons. The Kier molecular flexibility index (Phi) is 9.16. The molecule has 4 atom stereocenters. The van der Waals surface area contributed by atoms with Crippen molar-refractivity contribution in [2.24, 2.45) is 11.3 Å². The highest BCUT2D eigenvalue weighted by Crippen LogP contribution is 2.50. The number of hydrogen-bond donors (Lipinski definition) is 2. The van der Waals surface area contributed by atoms with Crippen molar-refractivity contribution in [3.8, 4) is 5.75 Å². The molecule has 1 aromatic carbocycles. The average molecular weight is 567 g/mol. The van der Waals surface area contributed by atoms with Crippen molar-refractivity contribution in [2.75, 3.05) is 26.1 Å². The number of benzene rings is 1. The molecule has 4 rings (SSSR count). The number of nitrogens with one attached hydrogen (secondary N) is 1. The standard InChI is InChI=1S/C32H46N4O5/c1-19(2)41-31(39)36-27(23-14-11-15-33-29(23)35(6)7)26(25(32(3,4)5)28(36)30(37)38)34-18-22-16-20-12-9-10-13-21(20)17-24(22)40-8/h11,14-17,19,25-28,34H,9-10,12-13,18H2,1-8H3,(H,37,38)/t25-,26-,27-,28-/m0/s1. The molecule has 2 N–H and O–H groups in total. The van der Waals surface area contributed by atoms with Crippen LogP contribution in [-0.4, -0.2) is 66.4 Å². The number of anilines is 1. The Bertz CT molecular complexity index is 1260. The summed E-state index contributed by atoms with van der Waals surface area (Å²) in [6.07, 6.45) is 5.11. The van der Waals surface area contributed by atoms with Crippen LogP contribution < -0.4 is 15.0 Å². The zero-order valence-corrected chi connectivity index (χ0v) is 25.7. The smallest absolute Gasteiger partial charge is 0.411 e. The minimum absolute atomic E-state index is 0.403. The highest BCUT2D eigenvalue weighted by atomic mass is 16.6. The first-order valence-electron chi connectivity index (χ1n) is 14.6. The van der Waals surface area contributed by atoms with Gasteiger partial charge in [-0.2, -0.15) is 0 Å². The summed E-state index contributed by atoms with van der Waals surface area (Å²) in [5.41, 5.74) is 4.01. The van der Waals surface area contributed by atoms with E-state index in [0.717, 1.165) is 29.7 Å². The second kappa shape index (κ2) is 12.3. The summed E-state index contributed by atoms with van der Waals surface area (Å²) in [5.74, 6) is 0.00284. The highest BCUT2D eigenvalue weighted by Gasteiger charge is 2.59. The molecule has 1 aliphatic heterocycles. The average Bonchev–Trinajstić information content (AvgIpc) is 3.27. The van der Waals surface area contributed by atoms with E-state index in [1.165, 1.54) is 28.9 Å². The van der Waals surface area contributed by atoms with Gasteiger partial charge >= 0.3 is 12.1 Å². The summed E-state index contributed by atoms with van der Waals surface area (Å²) in [7, 11) is 5.48. The minimum Gasteiger partial charge on any atom is -0.496 e. The lowest BCUT2D eigenvalue weighted by molar-refractivity contribution is -0.144. The molecule has 0 spiro atoms. The summed E-state index contributed by atoms with van der Waals surface area (Å²) in [6.45, 7) is 10.1. The molecule has 1 fully saturated rings. The maximum Gasteiger partial charge on any atom is 0.411 e. The normalized spacial score (nSPS) is 22.4. The molecule has 1 amide bonds. The molecule has 1 saturated heterocycles. The number of ether oxygens (including phenoxy) is 2. The Morgan fingerprint density at radius 1 is 1.17 bits per heavy atom. The SMILES string of the molecule is COc1cc2c(cc1CN[C@H]1[C@H](C(C)(C)C)[C@@H](C(=O)O)N(C(=O)OC(C)C)[C@H]1c1cccnc1N(C)C)CCCC2. The van der Waals surface area contributed by atoms with Gasteiger partial charge in [-0.15, -0.1) is 0 Å². The number of hydrogen-bond acceptors (Lipinski definition) is 7. The Hall–Kier alpha value is -3.33. The third-order valence-corrected chi connectivity index (χ3v) is 8.30. The van der Waals surface area contributed by atoms with E-state index in [1.54, 1.807) is 27.2 Å². The van der Waals surface area contributed by atoms with Crippen molar-refractivity contribution >= 4 is 17.9 Å². The number of fused-ring (bicyclic) bond motifs is 1. The minimum atomic E-state index is -1.11. The van der Waals surface area contributed by atoms with Gasteiger partial charge in [0.1, 0.15) is 17.6 Å². The maximum atomic E-state index is 13.7. The molecule has 2 aliphatic rings. The second-order valence-electron chi connectivity index (χ2n) is 12.8. The number of methoxy groups -OCH3 is 1. The van der Waals surface area contributed by atoms with E-state index < -0.39 is 47.6 Å². The van der Waals surface area contributed by atoms with Crippen LogP contribution in [0.25, 0.3) is 0 Å². The topological polar surface area (TPSA) is 104 Å². The van der Waals surface area contributed by atoms with Crippen molar-refractivity contribution in [3.05, 3.63) is 52.7 Å². The van der Waals surface area contributed by atoms with Crippen molar-refractivity contribution in [3.63, 3.8) is 0 Å². The number of amides is 1. The number of pyridine rings is 1. The van der Waals surface area contributed by atoms with E-state index in [2.05, 4.69) is 22.4 Å². The molecule has 0 bridgehead atoms. The molecule has 9 nitrogen and oxygen atoms in total. The van der Waals surface area contributed by atoms with Gasteiger partial charge in [0.05, 0.1) is 19.3 Å². The number of aliphatic carboxylic acids is 1. The highest BCUT2D eigenvalue weighted by molar-refractivity contribution is 5.82. The van der Waals surface area contributed by atoms with Crippen molar-refractivity contribution in [1.82, 2.24) is 15.2 Å². The number of carboxylic acids is 1. The molecule has 224 valence electrons. The largest absolute Gasteiger partial charge is 0.496 e. The monoisotopic (exact) mass is 566 g/mol. The van der Waals surface area contributed by atoms with E-state index in [1.807, 2.05) is 51.9 Å². The molecule has 2 heterocycles. The number of aromatic nitrogens is 1. The van der Waals surface area contributed by atoms with Crippen LogP contribution in [0.1, 0.15) is 75.8 Å². The summed E-state index contributed by atoms with van der Waals surface area (Å²) >= 11 is 0. The van der Waals surface area contributed by atoms with Gasteiger partial charge in [0.25, 0.3) is 0 Å². The molecule has 1 aliphatic carbocycles. The van der Waals surface area contributed by atoms with Gasteiger partial charge in [-0.1, -0.05) is 32.9 Å². The van der Waals surface area contributed by atoms with Gasteiger partial charge < -0.3 is 24.8 Å². The lowest BCUT2D eigenvalue weighted by atomic mass is 9.72. The van der Waals surface area contributed by atoms with Crippen LogP contribution in [0, 0.1) is 11.3 Å². The number of nitrogens with zero attached hydrogens (tertiary/aromatic N) is 3. The van der Waals surface area contributed by atoms with E-state index in [-0.39, 0.29) is 0 Å². The molecule has 0 unspecified atom stereocenters. The van der Waals surface area contributed by atoms with Gasteiger partial charge in [0, 0.05) is 49.9 Å². The third kappa shape index (κ3) is 6.30. The van der Waals surface area contributed by atoms with E-state index in [0.29, 0.717) is 12.4 Å². The summed E-state index contributed by atoms with van der Waals surface area (Å²) < 4.78 is 11.5.